The lowest BCUT2D eigenvalue weighted by atomic mass is 9.98. The predicted molar refractivity (Wildman–Crippen MR) is 121 cm³/mol. The van der Waals surface area contributed by atoms with Gasteiger partial charge >= 0.3 is 12.1 Å². The van der Waals surface area contributed by atoms with E-state index in [1.807, 2.05) is 36.4 Å². The molecule has 2 aliphatic carbocycles. The molecule has 3 aliphatic rings. The lowest BCUT2D eigenvalue weighted by molar-refractivity contribution is -0.139. The Morgan fingerprint density at radius 3 is 2.21 bits per heavy atom. The number of carboxylic acids is 1. The number of carbonyl (C=O) groups excluding carboxylic acids is 2. The number of piperidine rings is 1. The summed E-state index contributed by atoms with van der Waals surface area (Å²) in [6, 6.07) is 17.7. The molecule has 172 valence electrons. The van der Waals surface area contributed by atoms with E-state index in [-0.39, 0.29) is 47.6 Å². The molecule has 1 aromatic heterocycles. The predicted octanol–water partition coefficient (Wildman–Crippen LogP) is 4.04. The molecule has 34 heavy (non-hydrogen) atoms. The molecule has 2 fully saturated rings. The van der Waals surface area contributed by atoms with Gasteiger partial charge in [0.25, 0.3) is 5.91 Å². The van der Waals surface area contributed by atoms with E-state index in [4.69, 9.17) is 14.3 Å². The number of rotatable bonds is 5. The van der Waals surface area contributed by atoms with Crippen LogP contribution in [0.2, 0.25) is 0 Å². The SMILES string of the molecule is O=C(Nc1ccoc1C(=O)N1C[C@@H]2C(C(=O)O)[C@@H]2C1)OCC1c2ccccc2-c2ccccc21. The lowest BCUT2D eigenvalue weighted by Crippen LogP contribution is -2.33. The maximum Gasteiger partial charge on any atom is 0.411 e. The number of anilines is 1. The number of hydrogen-bond acceptors (Lipinski definition) is 5. The number of carbonyl (C=O) groups is 3. The minimum Gasteiger partial charge on any atom is -0.481 e. The first-order valence-corrected chi connectivity index (χ1v) is 11.2. The van der Waals surface area contributed by atoms with Crippen molar-refractivity contribution in [1.82, 2.24) is 4.90 Å². The van der Waals surface area contributed by atoms with Gasteiger partial charge in [-0.1, -0.05) is 48.5 Å². The smallest absolute Gasteiger partial charge is 0.411 e. The fourth-order valence-corrected chi connectivity index (χ4v) is 5.52. The molecule has 1 saturated carbocycles. The summed E-state index contributed by atoms with van der Waals surface area (Å²) in [6.07, 6.45) is 0.663. The molecule has 8 nitrogen and oxygen atoms in total. The maximum absolute atomic E-state index is 12.9. The van der Waals surface area contributed by atoms with E-state index in [0.29, 0.717) is 13.1 Å². The summed E-state index contributed by atoms with van der Waals surface area (Å²) in [5.41, 5.74) is 4.75. The lowest BCUT2D eigenvalue weighted by Gasteiger charge is -2.18. The number of furan rings is 1. The summed E-state index contributed by atoms with van der Waals surface area (Å²) < 4.78 is 10.9. The van der Waals surface area contributed by atoms with Gasteiger partial charge in [0.05, 0.1) is 17.9 Å². The molecule has 2 aromatic carbocycles. The largest absolute Gasteiger partial charge is 0.481 e. The van der Waals surface area contributed by atoms with Crippen molar-refractivity contribution >= 4 is 23.7 Å². The number of nitrogens with one attached hydrogen (secondary N) is 1. The third-order valence-electron chi connectivity index (χ3n) is 7.21. The summed E-state index contributed by atoms with van der Waals surface area (Å²) >= 11 is 0. The van der Waals surface area contributed by atoms with Gasteiger partial charge in [0.15, 0.2) is 0 Å². The minimum absolute atomic E-state index is 0.00467. The Morgan fingerprint density at radius 2 is 1.59 bits per heavy atom. The number of aliphatic carboxylic acids is 1. The second kappa shape index (κ2) is 7.76. The molecular weight excluding hydrogens is 436 g/mol. The molecule has 1 saturated heterocycles. The van der Waals surface area contributed by atoms with Crippen LogP contribution in [-0.4, -0.2) is 47.7 Å². The first kappa shape index (κ1) is 20.5. The first-order valence-electron chi connectivity index (χ1n) is 11.2. The Hall–Kier alpha value is -4.07. The Labute approximate surface area is 195 Å². The van der Waals surface area contributed by atoms with Crippen LogP contribution in [0.4, 0.5) is 10.5 Å². The molecule has 2 amide bonds. The van der Waals surface area contributed by atoms with E-state index in [1.54, 1.807) is 4.90 Å². The molecule has 3 atom stereocenters. The van der Waals surface area contributed by atoms with Crippen LogP contribution < -0.4 is 5.32 Å². The van der Waals surface area contributed by atoms with E-state index >= 15 is 0 Å². The van der Waals surface area contributed by atoms with Crippen molar-refractivity contribution in [3.8, 4) is 11.1 Å². The summed E-state index contributed by atoms with van der Waals surface area (Å²) in [5.74, 6) is -1.60. The van der Waals surface area contributed by atoms with Gasteiger partial charge < -0.3 is 19.2 Å². The second-order valence-corrected chi connectivity index (χ2v) is 9.02. The van der Waals surface area contributed by atoms with Crippen LogP contribution in [0, 0.1) is 17.8 Å². The van der Waals surface area contributed by atoms with E-state index in [2.05, 4.69) is 17.4 Å². The standard InChI is InChI=1S/C26H22N2O6/c29-24(28-11-18-19(12-28)22(18)25(30)31)23-21(9-10-33-23)27-26(32)34-13-20-16-7-3-1-5-14(16)15-6-2-4-8-17(15)20/h1-10,18-20,22H,11-13H2,(H,27,32)(H,30,31)/t18-,19+,22?. The highest BCUT2D eigenvalue weighted by molar-refractivity contribution is 6.00. The summed E-state index contributed by atoms with van der Waals surface area (Å²) in [5, 5.41) is 11.8. The van der Waals surface area contributed by atoms with Gasteiger partial charge in [-0.25, -0.2) is 4.79 Å². The molecule has 2 heterocycles. The maximum atomic E-state index is 12.9. The van der Waals surface area contributed by atoms with E-state index < -0.39 is 12.1 Å². The van der Waals surface area contributed by atoms with Gasteiger partial charge in [-0.15, -0.1) is 0 Å². The minimum atomic E-state index is -0.808. The van der Waals surface area contributed by atoms with Crippen molar-refractivity contribution in [2.75, 3.05) is 25.0 Å². The van der Waals surface area contributed by atoms with Crippen LogP contribution in [-0.2, 0) is 9.53 Å². The highest BCUT2D eigenvalue weighted by atomic mass is 16.5. The van der Waals surface area contributed by atoms with Gasteiger partial charge in [0, 0.05) is 25.1 Å². The molecule has 6 rings (SSSR count). The van der Waals surface area contributed by atoms with E-state index in [9.17, 15) is 14.4 Å². The van der Waals surface area contributed by atoms with Gasteiger partial charge in [-0.05, 0) is 34.1 Å². The summed E-state index contributed by atoms with van der Waals surface area (Å²) in [6.45, 7) is 0.921. The zero-order valence-electron chi connectivity index (χ0n) is 18.1. The molecule has 1 unspecified atom stereocenters. The number of benzene rings is 2. The van der Waals surface area contributed by atoms with Crippen molar-refractivity contribution in [2.24, 2.45) is 17.8 Å². The van der Waals surface area contributed by atoms with Gasteiger partial charge in [-0.3, -0.25) is 14.9 Å². The molecule has 1 aliphatic heterocycles. The zero-order valence-corrected chi connectivity index (χ0v) is 18.1. The molecule has 0 radical (unpaired) electrons. The molecule has 2 N–H and O–H groups in total. The molecular formula is C26H22N2O6. The van der Waals surface area contributed by atoms with Gasteiger partial charge in [0.2, 0.25) is 5.76 Å². The fourth-order valence-electron chi connectivity index (χ4n) is 5.52. The highest BCUT2D eigenvalue weighted by Crippen LogP contribution is 2.52. The number of amides is 2. The third-order valence-corrected chi connectivity index (χ3v) is 7.21. The number of likely N-dealkylation sites (tertiary alicyclic amines) is 1. The van der Waals surface area contributed by atoms with Crippen LogP contribution in [0.15, 0.2) is 65.3 Å². The average Bonchev–Trinajstić information content (AvgIpc) is 3.19. The van der Waals surface area contributed by atoms with Crippen LogP contribution >= 0.6 is 0 Å². The van der Waals surface area contributed by atoms with Crippen LogP contribution in [0.1, 0.15) is 27.6 Å². The van der Waals surface area contributed by atoms with Crippen molar-refractivity contribution in [3.05, 3.63) is 77.7 Å². The Balaban J connectivity index is 1.11. The molecule has 8 heteroatoms. The van der Waals surface area contributed by atoms with Gasteiger partial charge in [0.1, 0.15) is 6.61 Å². The Kier molecular flexibility index (Phi) is 4.69. The highest BCUT2D eigenvalue weighted by Gasteiger charge is 2.60. The number of carboxylic acid groups (broad SMARTS) is 1. The normalized spacial score (nSPS) is 22.0. The summed E-state index contributed by atoms with van der Waals surface area (Å²) in [7, 11) is 0. The zero-order chi connectivity index (χ0) is 23.4. The van der Waals surface area contributed by atoms with E-state index in [1.165, 1.54) is 12.3 Å². The van der Waals surface area contributed by atoms with Crippen molar-refractivity contribution in [2.45, 2.75) is 5.92 Å². The molecule has 3 aromatic rings. The van der Waals surface area contributed by atoms with Crippen LogP contribution in [0.25, 0.3) is 11.1 Å². The number of fused-ring (bicyclic) bond motifs is 4. The second-order valence-electron chi connectivity index (χ2n) is 9.02. The van der Waals surface area contributed by atoms with Gasteiger partial charge in [-0.2, -0.15) is 0 Å². The Morgan fingerprint density at radius 1 is 0.971 bits per heavy atom. The number of nitrogens with zero attached hydrogens (tertiary/aromatic N) is 1. The van der Waals surface area contributed by atoms with Crippen molar-refractivity contribution in [1.29, 1.82) is 0 Å². The quantitative estimate of drug-likeness (QED) is 0.597. The monoisotopic (exact) mass is 458 g/mol. The van der Waals surface area contributed by atoms with Crippen molar-refractivity contribution < 1.29 is 28.6 Å². The fraction of sp³-hybridized carbons (Fsp3) is 0.269. The number of hydrogen-bond donors (Lipinski definition) is 2. The average molecular weight is 458 g/mol. The topological polar surface area (TPSA) is 109 Å². The first-order chi connectivity index (χ1) is 16.5. The van der Waals surface area contributed by atoms with E-state index in [0.717, 1.165) is 22.3 Å². The van der Waals surface area contributed by atoms with Crippen molar-refractivity contribution in [3.63, 3.8) is 0 Å². The number of ether oxygens (including phenoxy) is 1. The Bertz CT molecular complexity index is 1260. The molecule has 0 spiro atoms. The third kappa shape index (κ3) is 3.25. The summed E-state index contributed by atoms with van der Waals surface area (Å²) in [4.78, 5) is 38.2. The van der Waals surface area contributed by atoms with Crippen LogP contribution in [0.3, 0.4) is 0 Å². The van der Waals surface area contributed by atoms with Crippen LogP contribution in [0.5, 0.6) is 0 Å². The molecule has 0 bridgehead atoms.